The molecule has 8 bridgehead atoms. The van der Waals surface area contributed by atoms with Gasteiger partial charge in [0, 0.05) is 38.9 Å². The average molecular weight is 1030 g/mol. The first kappa shape index (κ1) is 53.4. The molecule has 13 heteroatoms. The first-order chi connectivity index (χ1) is 34.3. The van der Waals surface area contributed by atoms with Crippen LogP contribution >= 0.6 is 0 Å². The summed E-state index contributed by atoms with van der Waals surface area (Å²) in [5.41, 5.74) is 4.11. The third-order valence-electron chi connectivity index (χ3n) is 14.2. The Hall–Kier alpha value is -5.91. The van der Waals surface area contributed by atoms with Gasteiger partial charge in [0.2, 0.25) is 0 Å². The van der Waals surface area contributed by atoms with Gasteiger partial charge in [-0.3, -0.25) is 4.99 Å². The Labute approximate surface area is 442 Å². The maximum atomic E-state index is 7.01. The maximum Gasteiger partial charge on any atom is 2.00 e. The Balaban J connectivity index is 0.00000711. The number of benzene rings is 4. The number of anilines is 1. The summed E-state index contributed by atoms with van der Waals surface area (Å²) in [6, 6.07) is 24.3. The van der Waals surface area contributed by atoms with Crippen LogP contribution < -0.4 is 45.2 Å². The SMILES string of the molecule is CC(C)C(Oc1cccc2c1C1=N[C@H]2Nc2[n-]c(c3cccc(OC(C(C)C)C(C)C)c23)/N=C2\N=C(N=c3[n-]c(c4cccc(OC(C(C)C)C(C)C)c34)=N1)c1cccc(OC(C(C)C)C(C)C)c12)C(C)C.[Cu+2]. The van der Waals surface area contributed by atoms with Gasteiger partial charge in [-0.1, -0.05) is 159 Å². The summed E-state index contributed by atoms with van der Waals surface area (Å²) < 4.78 is 28.0. The van der Waals surface area contributed by atoms with E-state index in [0.29, 0.717) is 63.1 Å². The van der Waals surface area contributed by atoms with Gasteiger partial charge in [-0.15, -0.1) is 0 Å². The molecule has 0 fully saturated rings. The van der Waals surface area contributed by atoms with Crippen LogP contribution in [0.5, 0.6) is 23.0 Å². The minimum absolute atomic E-state index is 0. The van der Waals surface area contributed by atoms with Crippen molar-refractivity contribution in [3.63, 3.8) is 0 Å². The molecule has 9 rings (SSSR count). The van der Waals surface area contributed by atoms with E-state index < -0.39 is 6.17 Å². The Kier molecular flexibility index (Phi) is 15.7. The number of aromatic nitrogens is 2. The van der Waals surface area contributed by atoms with Gasteiger partial charge in [0.15, 0.2) is 0 Å². The number of rotatable bonds is 16. The van der Waals surface area contributed by atoms with Gasteiger partial charge in [0.25, 0.3) is 0 Å². The molecule has 3 aliphatic heterocycles. The van der Waals surface area contributed by atoms with Gasteiger partial charge in [-0.05, 0) is 87.9 Å². The third-order valence-corrected chi connectivity index (χ3v) is 14.2. The summed E-state index contributed by atoms with van der Waals surface area (Å²) in [6.07, 6.45) is -0.890. The van der Waals surface area contributed by atoms with Gasteiger partial charge in [-0.25, -0.2) is 4.99 Å². The second-order valence-corrected chi connectivity index (χ2v) is 22.7. The molecule has 1 radical (unpaired) electrons. The first-order valence-electron chi connectivity index (χ1n) is 26.4. The number of nitrogens with zero attached hydrogens (tertiary/aromatic N) is 7. The van der Waals surface area contributed by atoms with Crippen LogP contribution in [-0.4, -0.2) is 41.9 Å². The fourth-order valence-corrected chi connectivity index (χ4v) is 11.1. The number of ether oxygens (including phenoxy) is 4. The zero-order chi connectivity index (χ0) is 51.4. The Bertz CT molecular complexity index is 3180. The van der Waals surface area contributed by atoms with Crippen molar-refractivity contribution in [1.82, 2.24) is 9.97 Å². The predicted molar refractivity (Wildman–Crippen MR) is 292 cm³/mol. The van der Waals surface area contributed by atoms with Crippen LogP contribution in [0.15, 0.2) is 97.8 Å². The van der Waals surface area contributed by atoms with Gasteiger partial charge in [-0.2, -0.15) is 0 Å². The summed E-state index contributed by atoms with van der Waals surface area (Å²) in [5, 5.41) is 6.94. The fraction of sp³-hybridized carbons (Fsp3) is 0.483. The van der Waals surface area contributed by atoms with Crippen LogP contribution in [0.1, 0.15) is 139 Å². The molecule has 4 aromatic carbocycles. The molecule has 3 aliphatic rings. The van der Waals surface area contributed by atoms with E-state index in [-0.39, 0.29) is 88.8 Å². The van der Waals surface area contributed by atoms with E-state index in [1.54, 1.807) is 0 Å². The molecule has 1 N–H and O–H groups in total. The van der Waals surface area contributed by atoms with Crippen molar-refractivity contribution in [1.29, 1.82) is 0 Å². The van der Waals surface area contributed by atoms with Gasteiger partial charge >= 0.3 is 17.1 Å². The second-order valence-electron chi connectivity index (χ2n) is 22.7. The largest absolute Gasteiger partial charge is 2.00 e. The Morgan fingerprint density at radius 1 is 0.425 bits per heavy atom. The van der Waals surface area contributed by atoms with E-state index in [9.17, 15) is 0 Å². The molecule has 5 heterocycles. The van der Waals surface area contributed by atoms with Gasteiger partial charge < -0.3 is 49.2 Å². The molecule has 0 aliphatic carbocycles. The van der Waals surface area contributed by atoms with E-state index in [2.05, 4.69) is 128 Å². The Morgan fingerprint density at radius 2 is 0.877 bits per heavy atom. The smallest absolute Gasteiger partial charge is 0.489 e. The van der Waals surface area contributed by atoms with Crippen LogP contribution in [0.25, 0.3) is 21.5 Å². The standard InChI is InChI=1S/C60H74N8O4.Cu/c1-29(2)49(30(3)4)69-41-25-17-21-37-45(41)57-61-53(37)66-58-47-39(23-19-27-43(47)71-51(33(9)10)34(11)12)55(63-58)68-60-48-40(24-20-28-44(48)72-52(35(13)14)36(15)16)56(64-60)67-59-46-38(54(62-59)65-57)22-18-26-42(46)70-50(31(5)6)32(7)8;/h17-36,49-53,66H,1-16H3;/q-2;+2/t53-;/m0./s1. The fourth-order valence-electron chi connectivity index (χ4n) is 11.1. The van der Waals surface area contributed by atoms with E-state index in [4.69, 9.17) is 53.9 Å². The van der Waals surface area contributed by atoms with E-state index >= 15 is 0 Å². The molecule has 6 aromatic rings. The molecule has 0 saturated heterocycles. The minimum Gasteiger partial charge on any atom is -0.489 e. The molecule has 0 amide bonds. The van der Waals surface area contributed by atoms with Gasteiger partial charge in [0.05, 0.1) is 28.6 Å². The zero-order valence-corrected chi connectivity index (χ0v) is 46.4. The predicted octanol–water partition coefficient (Wildman–Crippen LogP) is 12.8. The summed E-state index contributed by atoms with van der Waals surface area (Å²) in [7, 11) is 0. The molecular weight excluding hydrogens is 960 g/mol. The second kappa shape index (κ2) is 21.5. The topological polar surface area (TPSA) is 139 Å². The monoisotopic (exact) mass is 1030 g/mol. The molecule has 0 spiro atoms. The number of fused-ring (bicyclic) bond motifs is 18. The molecule has 12 nitrogen and oxygen atoms in total. The van der Waals surface area contributed by atoms with Crippen molar-refractivity contribution in [3.05, 3.63) is 106 Å². The minimum atomic E-state index is -0.618. The van der Waals surface area contributed by atoms with Crippen LogP contribution in [0.3, 0.4) is 0 Å². The van der Waals surface area contributed by atoms with E-state index in [1.165, 1.54) is 0 Å². The van der Waals surface area contributed by atoms with Gasteiger partial charge in [0.1, 0.15) is 53.6 Å². The molecule has 2 aromatic heterocycles. The number of nitrogens with one attached hydrogen (secondary N) is 1. The van der Waals surface area contributed by atoms with E-state index in [1.807, 2.05) is 60.7 Å². The normalized spacial score (nSPS) is 16.0. The molecular formula is C60H74CuN8O4. The van der Waals surface area contributed by atoms with Crippen molar-refractivity contribution >= 4 is 50.7 Å². The van der Waals surface area contributed by atoms with Crippen molar-refractivity contribution < 1.29 is 36.0 Å². The quantitative estimate of drug-likeness (QED) is 0.0952. The molecule has 0 unspecified atom stereocenters. The molecule has 0 saturated carbocycles. The molecule has 389 valence electrons. The third kappa shape index (κ3) is 10.3. The average Bonchev–Trinajstić information content (AvgIpc) is 4.06. The summed E-state index contributed by atoms with van der Waals surface area (Å²) in [4.78, 5) is 37.7. The summed E-state index contributed by atoms with van der Waals surface area (Å²) in [5.74, 6) is 7.19. The van der Waals surface area contributed by atoms with Crippen LogP contribution in [0.2, 0.25) is 0 Å². The van der Waals surface area contributed by atoms with Crippen molar-refractivity contribution in [3.8, 4) is 23.0 Å². The van der Waals surface area contributed by atoms with E-state index in [0.717, 1.165) is 43.8 Å². The zero-order valence-electron chi connectivity index (χ0n) is 45.5. The number of aliphatic imine (C=N–C) groups is 3. The number of hydrogen-bond acceptors (Lipinski definition) is 10. The molecule has 73 heavy (non-hydrogen) atoms. The van der Waals surface area contributed by atoms with Crippen molar-refractivity contribution in [2.75, 3.05) is 5.32 Å². The van der Waals surface area contributed by atoms with Crippen LogP contribution in [-0.2, 0) is 17.1 Å². The van der Waals surface area contributed by atoms with Crippen molar-refractivity contribution in [2.45, 2.75) is 141 Å². The van der Waals surface area contributed by atoms with Crippen molar-refractivity contribution in [2.24, 2.45) is 72.3 Å². The van der Waals surface area contributed by atoms with Crippen LogP contribution in [0.4, 0.5) is 11.6 Å². The maximum absolute atomic E-state index is 7.01. The van der Waals surface area contributed by atoms with Crippen LogP contribution in [0, 0.1) is 47.3 Å². The Morgan fingerprint density at radius 3 is 1.42 bits per heavy atom. The summed E-state index contributed by atoms with van der Waals surface area (Å²) in [6.45, 7) is 35.1. The first-order valence-corrected chi connectivity index (χ1v) is 26.4. The number of hydrogen-bond donors (Lipinski definition) is 1. The molecule has 1 atom stereocenters. The number of amidine groups is 3. The summed E-state index contributed by atoms with van der Waals surface area (Å²) >= 11 is 0.